The zero-order chi connectivity index (χ0) is 18.1. The van der Waals surface area contributed by atoms with E-state index in [1.807, 2.05) is 0 Å². The van der Waals surface area contributed by atoms with Crippen molar-refractivity contribution >= 4 is 40.6 Å². The lowest BCUT2D eigenvalue weighted by Gasteiger charge is -2.12. The summed E-state index contributed by atoms with van der Waals surface area (Å²) in [5, 5.41) is 1.88. The number of nitrogens with one attached hydrogen (secondary N) is 1. The summed E-state index contributed by atoms with van der Waals surface area (Å²) < 4.78 is 38.7. The Kier molecular flexibility index (Phi) is 5.20. The summed E-state index contributed by atoms with van der Waals surface area (Å²) in [6, 6.07) is 7.16. The molecule has 0 radical (unpaired) electrons. The summed E-state index contributed by atoms with van der Waals surface area (Å²) in [5.74, 6) is -1.11. The molecule has 8 heteroatoms. The molecule has 126 valence electrons. The van der Waals surface area contributed by atoms with Crippen LogP contribution in [0, 0.1) is 0 Å². The van der Waals surface area contributed by atoms with Crippen LogP contribution in [-0.2, 0) is 11.0 Å². The van der Waals surface area contributed by atoms with Crippen LogP contribution in [0.1, 0.15) is 28.4 Å². The van der Waals surface area contributed by atoms with Gasteiger partial charge in [-0.2, -0.15) is 13.2 Å². The van der Waals surface area contributed by atoms with Crippen molar-refractivity contribution in [3.63, 3.8) is 0 Å². The summed E-state index contributed by atoms with van der Waals surface area (Å²) in [6.07, 6.45) is -4.69. The fourth-order valence-corrected chi connectivity index (χ4v) is 2.52. The molecule has 0 atom stereocenters. The maximum atomic E-state index is 12.9. The summed E-state index contributed by atoms with van der Waals surface area (Å²) in [4.78, 5) is 23.6. The summed E-state index contributed by atoms with van der Waals surface area (Å²) in [6.45, 7) is 1.26. The summed E-state index contributed by atoms with van der Waals surface area (Å²) >= 11 is 11.6. The first kappa shape index (κ1) is 18.3. The number of carbonyl (C=O) groups excluding carboxylic acids is 2. The molecule has 3 nitrogen and oxygen atoms in total. The second-order valence-corrected chi connectivity index (χ2v) is 5.65. The van der Waals surface area contributed by atoms with Crippen LogP contribution in [0.2, 0.25) is 10.0 Å². The van der Waals surface area contributed by atoms with E-state index in [9.17, 15) is 22.8 Å². The van der Waals surface area contributed by atoms with E-state index in [-0.39, 0.29) is 21.8 Å². The average molecular weight is 376 g/mol. The van der Waals surface area contributed by atoms with Gasteiger partial charge in [0, 0.05) is 18.1 Å². The molecule has 0 spiro atoms. The van der Waals surface area contributed by atoms with Crippen LogP contribution in [0.4, 0.5) is 18.9 Å². The van der Waals surface area contributed by atoms with Crippen LogP contribution in [-0.4, -0.2) is 11.7 Å². The van der Waals surface area contributed by atoms with Gasteiger partial charge in [0.05, 0.1) is 21.3 Å². The van der Waals surface area contributed by atoms with Crippen LogP contribution in [0.25, 0.3) is 0 Å². The van der Waals surface area contributed by atoms with Gasteiger partial charge in [-0.15, -0.1) is 0 Å². The van der Waals surface area contributed by atoms with Gasteiger partial charge in [0.1, 0.15) is 0 Å². The third-order valence-corrected chi connectivity index (χ3v) is 3.82. The molecule has 0 aliphatic rings. The van der Waals surface area contributed by atoms with Crippen molar-refractivity contribution in [2.45, 2.75) is 13.1 Å². The Hall–Kier alpha value is -2.05. The molecule has 1 N–H and O–H groups in total. The highest BCUT2D eigenvalue weighted by Crippen LogP contribution is 2.36. The molecule has 2 aromatic rings. The van der Waals surface area contributed by atoms with E-state index < -0.39 is 28.5 Å². The van der Waals surface area contributed by atoms with Crippen molar-refractivity contribution in [1.82, 2.24) is 0 Å². The number of amides is 1. The highest BCUT2D eigenvalue weighted by Gasteiger charge is 2.34. The zero-order valence-corrected chi connectivity index (χ0v) is 13.7. The molecular formula is C16H10Cl2F3NO2. The maximum Gasteiger partial charge on any atom is 0.417 e. The van der Waals surface area contributed by atoms with Crippen molar-refractivity contribution in [2.75, 3.05) is 5.32 Å². The fourth-order valence-electron chi connectivity index (χ4n) is 2.03. The van der Waals surface area contributed by atoms with Crippen LogP contribution in [0.5, 0.6) is 0 Å². The van der Waals surface area contributed by atoms with Gasteiger partial charge in [-0.25, -0.2) is 0 Å². The molecule has 0 fully saturated rings. The van der Waals surface area contributed by atoms with E-state index in [1.165, 1.54) is 31.2 Å². The Morgan fingerprint density at radius 1 is 1.08 bits per heavy atom. The lowest BCUT2D eigenvalue weighted by Crippen LogP contribution is -2.11. The number of carbonyl (C=O) groups is 2. The van der Waals surface area contributed by atoms with E-state index in [0.717, 1.165) is 6.07 Å². The first-order chi connectivity index (χ1) is 11.1. The fraction of sp³-hybridized carbons (Fsp3) is 0.125. The summed E-state index contributed by atoms with van der Waals surface area (Å²) in [5.41, 5.74) is -1.16. The molecular weight excluding hydrogens is 366 g/mol. The first-order valence-electron chi connectivity index (χ1n) is 6.59. The van der Waals surface area contributed by atoms with Crippen LogP contribution >= 0.6 is 23.2 Å². The number of hydrogen-bond donors (Lipinski definition) is 1. The van der Waals surface area contributed by atoms with E-state index in [1.54, 1.807) is 0 Å². The third kappa shape index (κ3) is 3.88. The maximum absolute atomic E-state index is 12.9. The lowest BCUT2D eigenvalue weighted by molar-refractivity contribution is -0.137. The number of anilines is 1. The molecule has 2 rings (SSSR count). The molecule has 0 aliphatic carbocycles. The van der Waals surface area contributed by atoms with Gasteiger partial charge in [-0.1, -0.05) is 29.3 Å². The number of benzene rings is 2. The number of halogens is 5. The van der Waals surface area contributed by atoms with Crippen LogP contribution < -0.4 is 5.32 Å². The third-order valence-electron chi connectivity index (χ3n) is 3.09. The van der Waals surface area contributed by atoms with Gasteiger partial charge in [0.2, 0.25) is 5.91 Å². The van der Waals surface area contributed by atoms with E-state index in [2.05, 4.69) is 5.32 Å². The smallest absolute Gasteiger partial charge is 0.325 e. The molecule has 0 bridgehead atoms. The quantitative estimate of drug-likeness (QED) is 0.749. The van der Waals surface area contributed by atoms with Crippen LogP contribution in [0.3, 0.4) is 0 Å². The number of rotatable bonds is 3. The first-order valence-corrected chi connectivity index (χ1v) is 7.34. The standard InChI is InChI=1S/C16H10Cl2F3NO2/c1-8(23)22-13-4-2-3-10(14(13)18)15(24)9-5-6-12(17)11(7-9)16(19,20)21/h2-7H,1H3,(H,22,23). The molecule has 0 unspecified atom stereocenters. The number of ketones is 1. The van der Waals surface area contributed by atoms with Crippen LogP contribution in [0.15, 0.2) is 36.4 Å². The van der Waals surface area contributed by atoms with Crippen molar-refractivity contribution < 1.29 is 22.8 Å². The van der Waals surface area contributed by atoms with Crippen molar-refractivity contribution in [3.8, 4) is 0 Å². The van der Waals surface area contributed by atoms with Crippen molar-refractivity contribution in [1.29, 1.82) is 0 Å². The largest absolute Gasteiger partial charge is 0.417 e. The van der Waals surface area contributed by atoms with Gasteiger partial charge in [-0.05, 0) is 30.3 Å². The predicted octanol–water partition coefficient (Wildman–Crippen LogP) is 5.20. The predicted molar refractivity (Wildman–Crippen MR) is 85.6 cm³/mol. The molecule has 0 aliphatic heterocycles. The van der Waals surface area contributed by atoms with Gasteiger partial charge >= 0.3 is 6.18 Å². The topological polar surface area (TPSA) is 46.2 Å². The highest BCUT2D eigenvalue weighted by molar-refractivity contribution is 6.38. The number of alkyl halides is 3. The van der Waals surface area contributed by atoms with Crippen molar-refractivity contribution in [2.24, 2.45) is 0 Å². The second kappa shape index (κ2) is 6.83. The minimum atomic E-state index is -4.69. The normalized spacial score (nSPS) is 11.2. The van der Waals surface area contributed by atoms with Crippen molar-refractivity contribution in [3.05, 3.63) is 63.1 Å². The molecule has 0 saturated heterocycles. The highest BCUT2D eigenvalue weighted by atomic mass is 35.5. The molecule has 2 aromatic carbocycles. The molecule has 0 heterocycles. The van der Waals surface area contributed by atoms with Gasteiger partial charge < -0.3 is 5.32 Å². The Balaban J connectivity index is 2.49. The van der Waals surface area contributed by atoms with E-state index in [0.29, 0.717) is 6.07 Å². The summed E-state index contributed by atoms with van der Waals surface area (Å²) in [7, 11) is 0. The minimum absolute atomic E-state index is 0.0293. The Morgan fingerprint density at radius 2 is 1.75 bits per heavy atom. The van der Waals surface area contributed by atoms with Gasteiger partial charge in [-0.3, -0.25) is 9.59 Å². The Labute approximate surface area is 145 Å². The van der Waals surface area contributed by atoms with Gasteiger partial charge in [0.15, 0.2) is 5.78 Å². The SMILES string of the molecule is CC(=O)Nc1cccc(C(=O)c2ccc(Cl)c(C(F)(F)F)c2)c1Cl. The zero-order valence-electron chi connectivity index (χ0n) is 12.2. The van der Waals surface area contributed by atoms with E-state index in [4.69, 9.17) is 23.2 Å². The molecule has 24 heavy (non-hydrogen) atoms. The second-order valence-electron chi connectivity index (χ2n) is 4.87. The lowest BCUT2D eigenvalue weighted by atomic mass is 10.0. The molecule has 0 saturated carbocycles. The Bertz CT molecular complexity index is 819. The molecule has 1 amide bonds. The van der Waals surface area contributed by atoms with Gasteiger partial charge in [0.25, 0.3) is 0 Å². The van der Waals surface area contributed by atoms with E-state index >= 15 is 0 Å². The minimum Gasteiger partial charge on any atom is -0.325 e. The monoisotopic (exact) mass is 375 g/mol. The number of hydrogen-bond acceptors (Lipinski definition) is 2. The molecule has 0 aromatic heterocycles. The average Bonchev–Trinajstić information content (AvgIpc) is 2.47. The Morgan fingerprint density at radius 3 is 2.33 bits per heavy atom.